The Labute approximate surface area is 206 Å². The molecule has 0 bridgehead atoms. The molecule has 0 unspecified atom stereocenters. The second kappa shape index (κ2) is 9.25. The zero-order chi connectivity index (χ0) is 24.1. The van der Waals surface area contributed by atoms with Gasteiger partial charge in [0.2, 0.25) is 0 Å². The van der Waals surface area contributed by atoms with E-state index in [0.29, 0.717) is 22.8 Å². The molecule has 0 radical (unpaired) electrons. The molecule has 5 heteroatoms. The summed E-state index contributed by atoms with van der Waals surface area (Å²) in [4.78, 5) is 0. The van der Waals surface area contributed by atoms with Gasteiger partial charge >= 0.3 is 0 Å². The van der Waals surface area contributed by atoms with Gasteiger partial charge in [0, 0.05) is 20.4 Å². The molecule has 188 valence electrons. The van der Waals surface area contributed by atoms with Crippen LogP contribution in [0.25, 0.3) is 0 Å². The molecule has 0 spiro atoms. The van der Waals surface area contributed by atoms with E-state index in [1.165, 1.54) is 57.8 Å². The minimum Gasteiger partial charge on any atom is -0.379 e. The molecule has 4 saturated carbocycles. The van der Waals surface area contributed by atoms with E-state index in [9.17, 15) is 0 Å². The zero-order valence-electron chi connectivity index (χ0n) is 22.0. The summed E-state index contributed by atoms with van der Waals surface area (Å²) in [6, 6.07) is 2.19. The third-order valence-corrected chi connectivity index (χ3v) is 11.4. The van der Waals surface area contributed by atoms with Crippen molar-refractivity contribution < 1.29 is 9.47 Å². The fraction of sp³-hybridized carbons (Fsp3) is 0.862. The van der Waals surface area contributed by atoms with Crippen molar-refractivity contribution in [1.29, 1.82) is 5.26 Å². The average molecular weight is 468 g/mol. The Balaban J connectivity index is 1.29. The lowest BCUT2D eigenvalue weighted by molar-refractivity contribution is -0.117. The number of rotatable bonds is 6. The van der Waals surface area contributed by atoms with Gasteiger partial charge in [0.05, 0.1) is 30.0 Å². The number of ether oxygens (including phenoxy) is 2. The first-order valence-electron chi connectivity index (χ1n) is 13.8. The first kappa shape index (κ1) is 24.3. The summed E-state index contributed by atoms with van der Waals surface area (Å²) in [7, 11) is 3.76. The Morgan fingerprint density at radius 1 is 1.09 bits per heavy atom. The summed E-state index contributed by atoms with van der Waals surface area (Å²) in [5.41, 5.74) is 1.17. The molecular formula is C29H45N3O2. The van der Waals surface area contributed by atoms with Crippen LogP contribution in [0, 0.1) is 58.2 Å². The molecule has 1 aromatic rings. The van der Waals surface area contributed by atoms with E-state index >= 15 is 0 Å². The van der Waals surface area contributed by atoms with Crippen LogP contribution in [-0.4, -0.2) is 35.7 Å². The van der Waals surface area contributed by atoms with Crippen LogP contribution in [0.15, 0.2) is 12.4 Å². The maximum absolute atomic E-state index is 9.15. The van der Waals surface area contributed by atoms with Crippen molar-refractivity contribution in [3.63, 3.8) is 0 Å². The lowest BCUT2D eigenvalue weighted by Gasteiger charge is -2.58. The fourth-order valence-electron chi connectivity index (χ4n) is 9.58. The van der Waals surface area contributed by atoms with Crippen LogP contribution in [-0.2, 0) is 16.0 Å². The second-order valence-electron chi connectivity index (χ2n) is 12.8. The van der Waals surface area contributed by atoms with E-state index in [2.05, 4.69) is 31.9 Å². The quantitative estimate of drug-likeness (QED) is 0.509. The smallest absolute Gasteiger partial charge is 0.102 e. The van der Waals surface area contributed by atoms with Gasteiger partial charge in [-0.2, -0.15) is 10.4 Å². The lowest BCUT2D eigenvalue weighted by Crippen LogP contribution is -2.51. The van der Waals surface area contributed by atoms with Gasteiger partial charge in [-0.15, -0.1) is 0 Å². The number of fused-ring (bicyclic) bond motifs is 5. The number of nitrogens with zero attached hydrogens (tertiary/aromatic N) is 3. The normalized spacial score (nSPS) is 43.3. The molecule has 0 aromatic carbocycles. The third kappa shape index (κ3) is 4.03. The largest absolute Gasteiger partial charge is 0.379 e. The molecule has 4 aliphatic carbocycles. The summed E-state index contributed by atoms with van der Waals surface area (Å²) in [6.07, 6.45) is 15.9. The van der Waals surface area contributed by atoms with Crippen LogP contribution in [0.4, 0.5) is 0 Å². The Kier molecular flexibility index (Phi) is 6.61. The molecule has 5 nitrogen and oxygen atoms in total. The molecule has 34 heavy (non-hydrogen) atoms. The molecule has 1 heterocycles. The Morgan fingerprint density at radius 3 is 2.59 bits per heavy atom. The number of hydrogen-bond acceptors (Lipinski definition) is 4. The fourth-order valence-corrected chi connectivity index (χ4v) is 9.58. The summed E-state index contributed by atoms with van der Waals surface area (Å²) < 4.78 is 13.9. The Bertz CT molecular complexity index is 907. The van der Waals surface area contributed by atoms with E-state index in [1.807, 2.05) is 25.1 Å². The Hall–Kier alpha value is -1.38. The van der Waals surface area contributed by atoms with E-state index in [1.54, 1.807) is 6.20 Å². The van der Waals surface area contributed by atoms with Gasteiger partial charge in [-0.25, -0.2) is 0 Å². The van der Waals surface area contributed by atoms with Gasteiger partial charge in [-0.1, -0.05) is 13.8 Å². The molecule has 4 fully saturated rings. The molecular weight excluding hydrogens is 422 g/mol. The van der Waals surface area contributed by atoms with Gasteiger partial charge in [0.15, 0.2) is 0 Å². The summed E-state index contributed by atoms with van der Waals surface area (Å²) >= 11 is 0. The molecule has 5 rings (SSSR count). The highest BCUT2D eigenvalue weighted by Crippen LogP contribution is 2.66. The summed E-state index contributed by atoms with van der Waals surface area (Å²) in [6.45, 7) is 8.11. The highest BCUT2D eigenvalue weighted by molar-refractivity contribution is 5.21. The maximum atomic E-state index is 9.15. The molecule has 10 atom stereocenters. The van der Waals surface area contributed by atoms with Gasteiger partial charge in [-0.3, -0.25) is 4.68 Å². The monoisotopic (exact) mass is 467 g/mol. The Morgan fingerprint density at radius 2 is 1.88 bits per heavy atom. The zero-order valence-corrected chi connectivity index (χ0v) is 22.0. The number of hydrogen-bond donors (Lipinski definition) is 0. The van der Waals surface area contributed by atoms with Gasteiger partial charge in [-0.05, 0) is 112 Å². The molecule has 0 N–H and O–H groups in total. The number of aromatic nitrogens is 2. The molecule has 0 amide bonds. The molecule has 4 aliphatic rings. The highest BCUT2D eigenvalue weighted by Gasteiger charge is 2.58. The van der Waals surface area contributed by atoms with Crippen LogP contribution in [0.1, 0.15) is 84.1 Å². The van der Waals surface area contributed by atoms with Crippen LogP contribution < -0.4 is 0 Å². The van der Waals surface area contributed by atoms with Crippen LogP contribution in [0.5, 0.6) is 0 Å². The van der Waals surface area contributed by atoms with Crippen LogP contribution >= 0.6 is 0 Å². The third-order valence-electron chi connectivity index (χ3n) is 11.4. The van der Waals surface area contributed by atoms with Crippen molar-refractivity contribution in [2.75, 3.05) is 14.2 Å². The van der Waals surface area contributed by atoms with Crippen LogP contribution in [0.3, 0.4) is 0 Å². The molecule has 0 saturated heterocycles. The van der Waals surface area contributed by atoms with Crippen molar-refractivity contribution in [1.82, 2.24) is 9.78 Å². The SMILES string of the molecule is CO[C@H](Cn1cc(C#N)cn1)[C@@H](C)[C@H]1CC[C@H]2[C@@H]3CC[C@@H]4C[C@](C)(OC)CC[C@@H]4[C@H]3CC[C@]12C. The van der Waals surface area contributed by atoms with Crippen molar-refractivity contribution in [2.24, 2.45) is 46.8 Å². The van der Waals surface area contributed by atoms with Crippen molar-refractivity contribution >= 4 is 0 Å². The van der Waals surface area contributed by atoms with Crippen LogP contribution in [0.2, 0.25) is 0 Å². The first-order chi connectivity index (χ1) is 16.3. The van der Waals surface area contributed by atoms with Gasteiger partial charge < -0.3 is 9.47 Å². The minimum absolute atomic E-state index is 0.114. The number of methoxy groups -OCH3 is 2. The first-order valence-corrected chi connectivity index (χ1v) is 13.8. The topological polar surface area (TPSA) is 60.1 Å². The van der Waals surface area contributed by atoms with Gasteiger partial charge in [0.1, 0.15) is 6.07 Å². The molecule has 1 aromatic heterocycles. The lowest BCUT2D eigenvalue weighted by atomic mass is 9.48. The molecule has 0 aliphatic heterocycles. The second-order valence-corrected chi connectivity index (χ2v) is 12.8. The maximum Gasteiger partial charge on any atom is 0.102 e. The predicted octanol–water partition coefficient (Wildman–Crippen LogP) is 6.08. The highest BCUT2D eigenvalue weighted by atomic mass is 16.5. The van der Waals surface area contributed by atoms with Crippen molar-refractivity contribution in [2.45, 2.75) is 96.8 Å². The van der Waals surface area contributed by atoms with Crippen molar-refractivity contribution in [3.05, 3.63) is 18.0 Å². The average Bonchev–Trinajstić information content (AvgIpc) is 3.45. The predicted molar refractivity (Wildman–Crippen MR) is 133 cm³/mol. The summed E-state index contributed by atoms with van der Waals surface area (Å²) in [5.74, 6) is 5.75. The van der Waals surface area contributed by atoms with E-state index in [-0.39, 0.29) is 11.7 Å². The van der Waals surface area contributed by atoms with E-state index in [0.717, 1.165) is 36.1 Å². The standard InChI is InChI=1S/C29H45N3O2/c1-19(27(33-4)18-32-17-20(15-30)16-31-32)25-8-9-26-24-7-6-21-14-28(2,34-5)12-10-22(21)23(24)11-13-29(25,26)3/h16-17,19,21-27H,6-14,18H2,1-5H3/t19-,21+,22-,23+,24+,25+,26-,27+,28+,29+/m0/s1. The summed E-state index contributed by atoms with van der Waals surface area (Å²) in [5, 5.41) is 13.5. The van der Waals surface area contributed by atoms with E-state index < -0.39 is 0 Å². The number of nitriles is 1. The van der Waals surface area contributed by atoms with E-state index in [4.69, 9.17) is 14.7 Å². The minimum atomic E-state index is 0.114. The van der Waals surface area contributed by atoms with Gasteiger partial charge in [0.25, 0.3) is 0 Å². The van der Waals surface area contributed by atoms with Crippen molar-refractivity contribution in [3.8, 4) is 6.07 Å².